The number of rotatable bonds is 3. The molecule has 0 atom stereocenters. The maximum Gasteiger partial charge on any atom is 0.107 e. The maximum absolute atomic E-state index is 6.35. The van der Waals surface area contributed by atoms with E-state index in [0.29, 0.717) is 22.3 Å². The number of hydrogen-bond acceptors (Lipinski definition) is 3. The Kier molecular flexibility index (Phi) is 4.31. The lowest BCUT2D eigenvalue weighted by Gasteiger charge is -2.10. The van der Waals surface area contributed by atoms with Gasteiger partial charge in [-0.2, -0.15) is 0 Å². The van der Waals surface area contributed by atoms with Crippen molar-refractivity contribution in [3.05, 3.63) is 76.3 Å². The first-order chi connectivity index (χ1) is 12.5. The number of pyridine rings is 1. The molecule has 0 aliphatic carbocycles. The summed E-state index contributed by atoms with van der Waals surface area (Å²) in [6.07, 6.45) is 3.44. The van der Waals surface area contributed by atoms with E-state index in [-0.39, 0.29) is 0 Å². The van der Waals surface area contributed by atoms with E-state index < -0.39 is 0 Å². The summed E-state index contributed by atoms with van der Waals surface area (Å²) >= 11 is 12.5. The van der Waals surface area contributed by atoms with Crippen LogP contribution in [-0.4, -0.2) is 14.5 Å². The van der Waals surface area contributed by atoms with Gasteiger partial charge in [0.05, 0.1) is 23.3 Å². The third-order valence-corrected chi connectivity index (χ3v) is 4.97. The fourth-order valence-corrected chi connectivity index (χ4v) is 3.44. The Bertz CT molecular complexity index is 1120. The van der Waals surface area contributed by atoms with Crippen molar-refractivity contribution in [2.45, 2.75) is 13.5 Å². The van der Waals surface area contributed by atoms with Crippen molar-refractivity contribution in [3.63, 3.8) is 0 Å². The van der Waals surface area contributed by atoms with Crippen LogP contribution >= 0.6 is 23.2 Å². The van der Waals surface area contributed by atoms with Crippen molar-refractivity contribution in [2.75, 3.05) is 5.73 Å². The molecule has 4 aromatic rings. The number of imidazole rings is 1. The number of halogens is 2. The second-order valence-electron chi connectivity index (χ2n) is 6.19. The molecule has 6 heteroatoms. The first-order valence-electron chi connectivity index (χ1n) is 8.13. The van der Waals surface area contributed by atoms with Crippen LogP contribution in [-0.2, 0) is 6.54 Å². The van der Waals surface area contributed by atoms with Crippen LogP contribution in [0.5, 0.6) is 0 Å². The highest BCUT2D eigenvalue weighted by molar-refractivity contribution is 6.33. The second kappa shape index (κ2) is 6.63. The molecule has 0 fully saturated rings. The fraction of sp³-hybridized carbons (Fsp3) is 0.100. The Morgan fingerprint density at radius 3 is 2.65 bits per heavy atom. The Morgan fingerprint density at radius 1 is 1.00 bits per heavy atom. The quantitative estimate of drug-likeness (QED) is 0.519. The van der Waals surface area contributed by atoms with E-state index >= 15 is 0 Å². The maximum atomic E-state index is 6.35. The van der Waals surface area contributed by atoms with Gasteiger partial charge in [0, 0.05) is 28.0 Å². The van der Waals surface area contributed by atoms with Gasteiger partial charge < -0.3 is 10.3 Å². The highest BCUT2D eigenvalue weighted by atomic mass is 35.5. The fourth-order valence-electron chi connectivity index (χ4n) is 3.07. The number of hydrogen-bond donors (Lipinski definition) is 1. The smallest absolute Gasteiger partial charge is 0.107 e. The van der Waals surface area contributed by atoms with Gasteiger partial charge in [0.2, 0.25) is 0 Å². The standard InChI is InChI=1S/C20H16Cl2N4/c1-12-25-19-5-2-13(14-7-17(23)10-24-9-14)8-20(19)26(12)11-15-6-16(21)3-4-18(15)22/h2-10H,11,23H2,1H3. The first kappa shape index (κ1) is 16.9. The predicted octanol–water partition coefficient (Wildman–Crippen LogP) is 5.34. The largest absolute Gasteiger partial charge is 0.397 e. The lowest BCUT2D eigenvalue weighted by Crippen LogP contribution is -2.02. The molecule has 0 amide bonds. The zero-order valence-electron chi connectivity index (χ0n) is 14.1. The first-order valence-corrected chi connectivity index (χ1v) is 8.88. The van der Waals surface area contributed by atoms with Crippen LogP contribution in [0.2, 0.25) is 10.0 Å². The molecule has 2 heterocycles. The van der Waals surface area contributed by atoms with Gasteiger partial charge in [-0.05, 0) is 54.4 Å². The Morgan fingerprint density at radius 2 is 1.85 bits per heavy atom. The van der Waals surface area contributed by atoms with E-state index in [1.807, 2.05) is 37.3 Å². The average Bonchev–Trinajstić information content (AvgIpc) is 2.93. The highest BCUT2D eigenvalue weighted by Crippen LogP contribution is 2.28. The van der Waals surface area contributed by atoms with Crippen molar-refractivity contribution in [3.8, 4) is 11.1 Å². The molecule has 4 rings (SSSR count). The Hall–Kier alpha value is -2.56. The number of aryl methyl sites for hydroxylation is 1. The van der Waals surface area contributed by atoms with Gasteiger partial charge in [0.15, 0.2) is 0 Å². The number of benzene rings is 2. The molecular formula is C20H16Cl2N4. The predicted molar refractivity (Wildman–Crippen MR) is 108 cm³/mol. The molecule has 4 nitrogen and oxygen atoms in total. The van der Waals surface area contributed by atoms with Gasteiger partial charge in [0.25, 0.3) is 0 Å². The number of fused-ring (bicyclic) bond motifs is 1. The average molecular weight is 383 g/mol. The van der Waals surface area contributed by atoms with Crippen LogP contribution in [0.1, 0.15) is 11.4 Å². The molecule has 0 aliphatic rings. The van der Waals surface area contributed by atoms with Crippen LogP contribution in [0, 0.1) is 6.92 Å². The van der Waals surface area contributed by atoms with Crippen LogP contribution in [0.15, 0.2) is 54.9 Å². The van der Waals surface area contributed by atoms with Gasteiger partial charge in [0.1, 0.15) is 5.82 Å². The van der Waals surface area contributed by atoms with E-state index in [1.165, 1.54) is 0 Å². The zero-order chi connectivity index (χ0) is 18.3. The molecule has 2 aromatic carbocycles. The normalized spacial score (nSPS) is 11.2. The van der Waals surface area contributed by atoms with Crippen molar-refractivity contribution in [1.29, 1.82) is 0 Å². The molecule has 2 N–H and O–H groups in total. The topological polar surface area (TPSA) is 56.7 Å². The molecule has 0 bridgehead atoms. The van der Waals surface area contributed by atoms with Crippen molar-refractivity contribution in [2.24, 2.45) is 0 Å². The van der Waals surface area contributed by atoms with Gasteiger partial charge in [-0.25, -0.2) is 4.98 Å². The zero-order valence-corrected chi connectivity index (χ0v) is 15.6. The summed E-state index contributed by atoms with van der Waals surface area (Å²) < 4.78 is 2.14. The van der Waals surface area contributed by atoms with Crippen LogP contribution < -0.4 is 5.73 Å². The summed E-state index contributed by atoms with van der Waals surface area (Å²) in [5.74, 6) is 0.916. The molecular weight excluding hydrogens is 367 g/mol. The van der Waals surface area contributed by atoms with E-state index in [1.54, 1.807) is 18.5 Å². The number of anilines is 1. The minimum atomic E-state index is 0.598. The SMILES string of the molecule is Cc1nc2ccc(-c3cncc(N)c3)cc2n1Cc1cc(Cl)ccc1Cl. The van der Waals surface area contributed by atoms with Gasteiger partial charge in [-0.3, -0.25) is 4.98 Å². The molecule has 0 unspecified atom stereocenters. The Balaban J connectivity index is 1.83. The summed E-state index contributed by atoms with van der Waals surface area (Å²) in [7, 11) is 0. The van der Waals surface area contributed by atoms with Crippen LogP contribution in [0.25, 0.3) is 22.2 Å². The third-order valence-electron chi connectivity index (χ3n) is 4.37. The summed E-state index contributed by atoms with van der Waals surface area (Å²) in [5.41, 5.74) is 11.4. The Labute approximate surface area is 161 Å². The number of aromatic nitrogens is 3. The molecule has 0 saturated carbocycles. The monoisotopic (exact) mass is 382 g/mol. The number of nitrogen functional groups attached to an aromatic ring is 1. The molecule has 2 aromatic heterocycles. The number of nitrogens with two attached hydrogens (primary N) is 1. The van der Waals surface area contributed by atoms with Crippen LogP contribution in [0.3, 0.4) is 0 Å². The van der Waals surface area contributed by atoms with E-state index in [9.17, 15) is 0 Å². The minimum absolute atomic E-state index is 0.598. The summed E-state index contributed by atoms with van der Waals surface area (Å²) in [5, 5.41) is 1.35. The summed E-state index contributed by atoms with van der Waals surface area (Å²) in [6.45, 7) is 2.58. The summed E-state index contributed by atoms with van der Waals surface area (Å²) in [4.78, 5) is 8.84. The lowest BCUT2D eigenvalue weighted by atomic mass is 10.1. The molecule has 0 spiro atoms. The van der Waals surface area contributed by atoms with Crippen molar-refractivity contribution in [1.82, 2.24) is 14.5 Å². The molecule has 130 valence electrons. The van der Waals surface area contributed by atoms with Gasteiger partial charge in [-0.1, -0.05) is 29.3 Å². The lowest BCUT2D eigenvalue weighted by molar-refractivity contribution is 0.786. The van der Waals surface area contributed by atoms with Crippen molar-refractivity contribution < 1.29 is 0 Å². The van der Waals surface area contributed by atoms with E-state index in [4.69, 9.17) is 28.9 Å². The van der Waals surface area contributed by atoms with Gasteiger partial charge in [-0.15, -0.1) is 0 Å². The van der Waals surface area contributed by atoms with E-state index in [2.05, 4.69) is 20.6 Å². The second-order valence-corrected chi connectivity index (χ2v) is 7.03. The molecule has 0 saturated heterocycles. The highest BCUT2D eigenvalue weighted by Gasteiger charge is 2.12. The molecule has 26 heavy (non-hydrogen) atoms. The van der Waals surface area contributed by atoms with Crippen molar-refractivity contribution >= 4 is 39.9 Å². The van der Waals surface area contributed by atoms with E-state index in [0.717, 1.165) is 33.5 Å². The third kappa shape index (κ3) is 3.14. The number of nitrogens with zero attached hydrogens (tertiary/aromatic N) is 3. The minimum Gasteiger partial charge on any atom is -0.397 e. The van der Waals surface area contributed by atoms with Crippen LogP contribution in [0.4, 0.5) is 5.69 Å². The molecule has 0 aliphatic heterocycles. The van der Waals surface area contributed by atoms with Gasteiger partial charge >= 0.3 is 0 Å². The molecule has 0 radical (unpaired) electrons. The summed E-state index contributed by atoms with van der Waals surface area (Å²) in [6, 6.07) is 13.5.